The molecular weight excluding hydrogens is 346 g/mol. The lowest BCUT2D eigenvalue weighted by molar-refractivity contribution is -0.141. The Bertz CT molecular complexity index is 757. The van der Waals surface area contributed by atoms with Gasteiger partial charge in [-0.1, -0.05) is 6.07 Å². The van der Waals surface area contributed by atoms with Gasteiger partial charge in [0.05, 0.1) is 19.1 Å². The van der Waals surface area contributed by atoms with Crippen molar-refractivity contribution >= 4 is 29.0 Å². The van der Waals surface area contributed by atoms with E-state index in [-0.39, 0.29) is 18.2 Å². The molecule has 1 aromatic carbocycles. The van der Waals surface area contributed by atoms with Crippen molar-refractivity contribution in [2.24, 2.45) is 0 Å². The van der Waals surface area contributed by atoms with Crippen molar-refractivity contribution in [2.45, 2.75) is 0 Å². The molecular formula is C17H17NO6S. The van der Waals surface area contributed by atoms with Crippen LogP contribution in [0.1, 0.15) is 20.0 Å². The van der Waals surface area contributed by atoms with Crippen LogP contribution < -0.4 is 14.8 Å². The molecule has 0 radical (unpaired) electrons. The lowest BCUT2D eigenvalue weighted by Crippen LogP contribution is -2.31. The van der Waals surface area contributed by atoms with Gasteiger partial charge in [-0.2, -0.15) is 0 Å². The lowest BCUT2D eigenvalue weighted by atomic mass is 10.1. The van der Waals surface area contributed by atoms with Crippen LogP contribution in [0.2, 0.25) is 0 Å². The van der Waals surface area contributed by atoms with E-state index in [0.29, 0.717) is 21.9 Å². The summed E-state index contributed by atoms with van der Waals surface area (Å²) >= 11 is 1.26. The van der Waals surface area contributed by atoms with Crippen LogP contribution in [0.3, 0.4) is 0 Å². The second-order valence-electron chi connectivity index (χ2n) is 4.81. The first-order chi connectivity index (χ1) is 12.0. The molecule has 7 nitrogen and oxygen atoms in total. The molecule has 0 spiro atoms. The summed E-state index contributed by atoms with van der Waals surface area (Å²) in [5.41, 5.74) is 0.327. The molecule has 0 fully saturated rings. The highest BCUT2D eigenvalue weighted by molar-refractivity contribution is 7.12. The molecule has 1 amide bonds. The third-order valence-corrected chi connectivity index (χ3v) is 4.08. The van der Waals surface area contributed by atoms with Gasteiger partial charge in [0.1, 0.15) is 6.54 Å². The standard InChI is InChI=1S/C17H17NO6S/c1-22-13-6-5-11(8-14(13)23-2)12(19)10-24-16(20)9-18-17(21)15-4-3-7-25-15/h3-8H,9-10H2,1-2H3,(H,18,21). The van der Waals surface area contributed by atoms with Crippen molar-refractivity contribution in [1.29, 1.82) is 0 Å². The van der Waals surface area contributed by atoms with E-state index in [9.17, 15) is 14.4 Å². The molecule has 25 heavy (non-hydrogen) atoms. The summed E-state index contributed by atoms with van der Waals surface area (Å²) in [5, 5.41) is 4.19. The molecule has 1 heterocycles. The maximum absolute atomic E-state index is 12.1. The minimum absolute atomic E-state index is 0.310. The topological polar surface area (TPSA) is 90.9 Å². The van der Waals surface area contributed by atoms with Crippen LogP contribution >= 0.6 is 11.3 Å². The molecule has 8 heteroatoms. The Kier molecular flexibility index (Phi) is 6.53. The van der Waals surface area contributed by atoms with Gasteiger partial charge in [-0.3, -0.25) is 14.4 Å². The number of carbonyl (C=O) groups excluding carboxylic acids is 3. The number of methoxy groups -OCH3 is 2. The summed E-state index contributed by atoms with van der Waals surface area (Å²) in [7, 11) is 2.95. The first-order valence-corrected chi connectivity index (χ1v) is 8.15. The Labute approximate surface area is 148 Å². The Morgan fingerprint density at radius 2 is 1.84 bits per heavy atom. The van der Waals surface area contributed by atoms with Crippen molar-refractivity contribution in [3.63, 3.8) is 0 Å². The van der Waals surface area contributed by atoms with Gasteiger partial charge >= 0.3 is 5.97 Å². The van der Waals surface area contributed by atoms with Crippen LogP contribution in [0.15, 0.2) is 35.7 Å². The van der Waals surface area contributed by atoms with Crippen molar-refractivity contribution in [1.82, 2.24) is 5.32 Å². The summed E-state index contributed by atoms with van der Waals surface area (Å²) in [5.74, 6) is -0.550. The van der Waals surface area contributed by atoms with Gasteiger partial charge in [-0.05, 0) is 29.6 Å². The van der Waals surface area contributed by atoms with Crippen molar-refractivity contribution < 1.29 is 28.6 Å². The van der Waals surface area contributed by atoms with E-state index in [1.165, 1.54) is 31.6 Å². The average Bonchev–Trinajstić information content (AvgIpc) is 3.18. The molecule has 0 atom stereocenters. The highest BCUT2D eigenvalue weighted by atomic mass is 32.1. The van der Waals surface area contributed by atoms with E-state index in [1.54, 1.807) is 29.6 Å². The monoisotopic (exact) mass is 363 g/mol. The van der Waals surface area contributed by atoms with Crippen LogP contribution in [0, 0.1) is 0 Å². The third kappa shape index (κ3) is 5.05. The smallest absolute Gasteiger partial charge is 0.325 e. The fourth-order valence-corrected chi connectivity index (χ4v) is 2.58. The van der Waals surface area contributed by atoms with Crippen molar-refractivity contribution in [3.8, 4) is 11.5 Å². The van der Waals surface area contributed by atoms with Crippen LogP contribution in [0.25, 0.3) is 0 Å². The van der Waals surface area contributed by atoms with E-state index >= 15 is 0 Å². The van der Waals surface area contributed by atoms with Crippen LogP contribution in [-0.4, -0.2) is 45.0 Å². The van der Waals surface area contributed by atoms with E-state index < -0.39 is 12.6 Å². The second kappa shape index (κ2) is 8.84. The van der Waals surface area contributed by atoms with Gasteiger partial charge < -0.3 is 19.5 Å². The number of Topliss-reactive ketones (excluding diaryl/α,β-unsaturated/α-hetero) is 1. The van der Waals surface area contributed by atoms with Crippen LogP contribution in [0.4, 0.5) is 0 Å². The lowest BCUT2D eigenvalue weighted by Gasteiger charge is -2.09. The second-order valence-corrected chi connectivity index (χ2v) is 5.76. The third-order valence-electron chi connectivity index (χ3n) is 3.21. The SMILES string of the molecule is COc1ccc(C(=O)COC(=O)CNC(=O)c2cccs2)cc1OC. The summed E-state index contributed by atoms with van der Waals surface area (Å²) in [6, 6.07) is 8.03. The molecule has 1 aromatic heterocycles. The average molecular weight is 363 g/mol. The van der Waals surface area contributed by atoms with Gasteiger partial charge in [-0.15, -0.1) is 11.3 Å². The van der Waals surface area contributed by atoms with E-state index in [2.05, 4.69) is 5.32 Å². The Morgan fingerprint density at radius 3 is 2.48 bits per heavy atom. The van der Waals surface area contributed by atoms with Gasteiger partial charge in [0.25, 0.3) is 5.91 Å². The number of esters is 1. The largest absolute Gasteiger partial charge is 0.493 e. The number of ether oxygens (including phenoxy) is 3. The zero-order valence-corrected chi connectivity index (χ0v) is 14.6. The fourth-order valence-electron chi connectivity index (χ4n) is 1.94. The number of hydrogen-bond donors (Lipinski definition) is 1. The fraction of sp³-hybridized carbons (Fsp3) is 0.235. The maximum Gasteiger partial charge on any atom is 0.325 e. The predicted molar refractivity (Wildman–Crippen MR) is 91.5 cm³/mol. The van der Waals surface area contributed by atoms with Crippen molar-refractivity contribution in [2.75, 3.05) is 27.4 Å². The Morgan fingerprint density at radius 1 is 1.08 bits per heavy atom. The molecule has 0 saturated carbocycles. The zero-order chi connectivity index (χ0) is 18.2. The number of benzene rings is 1. The quantitative estimate of drug-likeness (QED) is 0.569. The number of amides is 1. The van der Waals surface area contributed by atoms with Gasteiger partial charge in [0.2, 0.25) is 0 Å². The minimum atomic E-state index is -0.696. The first kappa shape index (κ1) is 18.5. The van der Waals surface area contributed by atoms with Gasteiger partial charge in [0, 0.05) is 5.56 Å². The number of thiophene rings is 1. The van der Waals surface area contributed by atoms with E-state index in [4.69, 9.17) is 14.2 Å². The van der Waals surface area contributed by atoms with Crippen LogP contribution in [0.5, 0.6) is 11.5 Å². The highest BCUT2D eigenvalue weighted by Gasteiger charge is 2.14. The van der Waals surface area contributed by atoms with E-state index in [1.807, 2.05) is 0 Å². The summed E-state index contributed by atoms with van der Waals surface area (Å²) in [4.78, 5) is 35.9. The summed E-state index contributed by atoms with van der Waals surface area (Å²) < 4.78 is 15.1. The Hall–Kier alpha value is -2.87. The molecule has 0 saturated heterocycles. The molecule has 132 valence electrons. The molecule has 0 bridgehead atoms. The number of carbonyl (C=O) groups is 3. The molecule has 0 aliphatic rings. The van der Waals surface area contributed by atoms with Gasteiger partial charge in [-0.25, -0.2) is 0 Å². The number of ketones is 1. The van der Waals surface area contributed by atoms with Crippen molar-refractivity contribution in [3.05, 3.63) is 46.2 Å². The molecule has 0 aliphatic heterocycles. The van der Waals surface area contributed by atoms with Gasteiger partial charge in [0.15, 0.2) is 23.9 Å². The number of rotatable bonds is 8. The predicted octanol–water partition coefficient (Wildman–Crippen LogP) is 1.92. The number of nitrogens with one attached hydrogen (secondary N) is 1. The Balaban J connectivity index is 1.83. The summed E-state index contributed by atoms with van der Waals surface area (Å²) in [6.07, 6.45) is 0. The normalized spacial score (nSPS) is 10.0. The maximum atomic E-state index is 12.1. The molecule has 1 N–H and O–H groups in total. The molecule has 0 unspecified atom stereocenters. The number of hydrogen-bond acceptors (Lipinski definition) is 7. The van der Waals surface area contributed by atoms with Crippen LogP contribution in [-0.2, 0) is 9.53 Å². The molecule has 2 rings (SSSR count). The highest BCUT2D eigenvalue weighted by Crippen LogP contribution is 2.27. The minimum Gasteiger partial charge on any atom is -0.493 e. The zero-order valence-electron chi connectivity index (χ0n) is 13.7. The first-order valence-electron chi connectivity index (χ1n) is 7.27. The summed E-state index contributed by atoms with van der Waals surface area (Å²) in [6.45, 7) is -0.737. The molecule has 2 aromatic rings. The molecule has 0 aliphatic carbocycles. The van der Waals surface area contributed by atoms with E-state index in [0.717, 1.165) is 0 Å².